The summed E-state index contributed by atoms with van der Waals surface area (Å²) < 4.78 is 0. The van der Waals surface area contributed by atoms with E-state index in [1.54, 1.807) is 0 Å². The van der Waals surface area contributed by atoms with Crippen molar-refractivity contribution in [1.82, 2.24) is 0 Å². The third-order valence-corrected chi connectivity index (χ3v) is 20.2. The van der Waals surface area contributed by atoms with Gasteiger partial charge in [0, 0.05) is 52.8 Å². The molecule has 0 N–H and O–H groups in total. The second-order valence-corrected chi connectivity index (χ2v) is 37.1. The molecule has 0 aliphatic carbocycles. The summed E-state index contributed by atoms with van der Waals surface area (Å²) in [7, 11) is -1.17. The van der Waals surface area contributed by atoms with Crippen LogP contribution in [0.15, 0.2) is 0 Å². The maximum atomic E-state index is 2.40. The molecule has 42 heavy (non-hydrogen) atoms. The van der Waals surface area contributed by atoms with E-state index in [1.165, 1.54) is 0 Å². The molecule has 0 saturated heterocycles. The van der Waals surface area contributed by atoms with Crippen LogP contribution >= 0.6 is 0 Å². The Bertz CT molecular complexity index is 499. The Labute approximate surface area is 309 Å². The first-order chi connectivity index (χ1) is 16.1. The standard InChI is InChI=1S/3C12H27Si.3Ge/c3*1-10(2,3)13(11(4,5)6)12(7,8)9;;;/h3*1-9H3;;;. The van der Waals surface area contributed by atoms with Crippen molar-refractivity contribution in [2.75, 3.05) is 0 Å². The molecule has 15 radical (unpaired) electrons. The monoisotopic (exact) mass is 819 g/mol. The van der Waals surface area contributed by atoms with E-state index in [0.717, 1.165) is 0 Å². The summed E-state index contributed by atoms with van der Waals surface area (Å²) in [4.78, 5) is 0. The fraction of sp³-hybridized carbons (Fsp3) is 1.00. The smallest absolute Gasteiger partial charge is 0.0627 e. The van der Waals surface area contributed by atoms with Gasteiger partial charge in [0.25, 0.3) is 0 Å². The minimum Gasteiger partial charge on any atom is -0.0627 e. The average Bonchev–Trinajstić information content (AvgIpc) is 2.29. The van der Waals surface area contributed by atoms with Gasteiger partial charge in [-0.05, 0) is 45.3 Å². The van der Waals surface area contributed by atoms with Gasteiger partial charge in [0.1, 0.15) is 0 Å². The van der Waals surface area contributed by atoms with E-state index in [4.69, 9.17) is 0 Å². The molecule has 0 aliphatic heterocycles. The van der Waals surface area contributed by atoms with Crippen LogP contribution in [0, 0.1) is 0 Å². The molecule has 0 aliphatic rings. The summed E-state index contributed by atoms with van der Waals surface area (Å²) in [5, 5.41) is 4.39. The van der Waals surface area contributed by atoms with Crippen LogP contribution in [0.25, 0.3) is 0 Å². The molecular weight excluding hydrogens is 734 g/mol. The maximum Gasteiger partial charge on any atom is 0.0652 e. The third kappa shape index (κ3) is 22.7. The van der Waals surface area contributed by atoms with Gasteiger partial charge >= 0.3 is 0 Å². The van der Waals surface area contributed by atoms with Gasteiger partial charge in [0.15, 0.2) is 0 Å². The molecule has 0 aromatic heterocycles. The van der Waals surface area contributed by atoms with Gasteiger partial charge in [-0.15, -0.1) is 0 Å². The van der Waals surface area contributed by atoms with Crippen LogP contribution in [0.2, 0.25) is 45.3 Å². The predicted octanol–water partition coefficient (Wildman–Crippen LogP) is 13.5. The van der Waals surface area contributed by atoms with Gasteiger partial charge in [0.05, 0.1) is 26.4 Å². The van der Waals surface area contributed by atoms with E-state index in [-0.39, 0.29) is 52.8 Å². The first-order valence-electron chi connectivity index (χ1n) is 15.8. The summed E-state index contributed by atoms with van der Waals surface area (Å²) in [6, 6.07) is 0. The zero-order valence-corrected chi connectivity index (χ0v) is 43.8. The molecule has 0 amide bonds. The molecule has 249 valence electrons. The summed E-state index contributed by atoms with van der Waals surface area (Å²) in [6.45, 7) is 64.8. The Hall–Kier alpha value is 2.28. The quantitative estimate of drug-likeness (QED) is 0.214. The number of hydrogen-bond acceptors (Lipinski definition) is 0. The van der Waals surface area contributed by atoms with Crippen LogP contribution in [0.4, 0.5) is 0 Å². The van der Waals surface area contributed by atoms with Crippen LogP contribution in [-0.2, 0) is 0 Å². The van der Waals surface area contributed by atoms with E-state index < -0.39 is 26.4 Å². The molecule has 0 saturated carbocycles. The van der Waals surface area contributed by atoms with Crippen molar-refractivity contribution in [1.29, 1.82) is 0 Å². The average molecular weight is 816 g/mol. The topological polar surface area (TPSA) is 0 Å². The molecule has 6 heteroatoms. The van der Waals surface area contributed by atoms with Crippen molar-refractivity contribution in [2.45, 2.75) is 232 Å². The molecule has 0 rings (SSSR count). The van der Waals surface area contributed by atoms with Gasteiger partial charge < -0.3 is 0 Å². The van der Waals surface area contributed by atoms with Crippen molar-refractivity contribution >= 4 is 79.2 Å². The van der Waals surface area contributed by atoms with Crippen LogP contribution in [0.1, 0.15) is 187 Å². The van der Waals surface area contributed by atoms with Crippen molar-refractivity contribution in [3.05, 3.63) is 0 Å². The van der Waals surface area contributed by atoms with E-state index in [0.29, 0.717) is 45.3 Å². The molecular formula is C36H81Ge3Si3. The summed E-state index contributed by atoms with van der Waals surface area (Å²) in [6.07, 6.45) is 0. The van der Waals surface area contributed by atoms with Crippen molar-refractivity contribution in [2.24, 2.45) is 0 Å². The largest absolute Gasteiger partial charge is 0.0652 e. The Morgan fingerprint density at radius 3 is 0.214 bits per heavy atom. The third-order valence-electron chi connectivity index (χ3n) is 6.75. The Balaban J connectivity index is -0.000000112. The van der Waals surface area contributed by atoms with E-state index >= 15 is 0 Å². The van der Waals surface area contributed by atoms with E-state index in [9.17, 15) is 0 Å². The Morgan fingerprint density at radius 2 is 0.214 bits per heavy atom. The second-order valence-electron chi connectivity index (χ2n) is 21.4. The molecule has 0 spiro atoms. The minimum atomic E-state index is -0.391. The Morgan fingerprint density at radius 1 is 0.167 bits per heavy atom. The molecule has 0 nitrogen and oxygen atoms in total. The zero-order chi connectivity index (χ0) is 33.2. The van der Waals surface area contributed by atoms with Gasteiger partial charge in [-0.2, -0.15) is 0 Å². The summed E-state index contributed by atoms with van der Waals surface area (Å²) >= 11 is 0. The van der Waals surface area contributed by atoms with E-state index in [2.05, 4.69) is 187 Å². The fourth-order valence-electron chi connectivity index (χ4n) is 10.1. The van der Waals surface area contributed by atoms with Gasteiger partial charge in [-0.25, -0.2) is 0 Å². The molecule has 0 fully saturated rings. The summed E-state index contributed by atoms with van der Waals surface area (Å²) in [5.41, 5.74) is 0. The van der Waals surface area contributed by atoms with Gasteiger partial charge in [0.2, 0.25) is 0 Å². The van der Waals surface area contributed by atoms with Crippen molar-refractivity contribution < 1.29 is 0 Å². The zero-order valence-electron chi connectivity index (χ0n) is 34.5. The van der Waals surface area contributed by atoms with Crippen LogP contribution in [0.5, 0.6) is 0 Å². The molecule has 0 aromatic carbocycles. The molecule has 0 unspecified atom stereocenters. The predicted molar refractivity (Wildman–Crippen MR) is 212 cm³/mol. The molecule has 0 bridgehead atoms. The number of rotatable bonds is 0. The normalized spacial score (nSPS) is 14.1. The second kappa shape index (κ2) is 18.2. The minimum absolute atomic E-state index is 0. The molecule has 0 heterocycles. The molecule has 0 atom stereocenters. The van der Waals surface area contributed by atoms with Gasteiger partial charge in [-0.1, -0.05) is 187 Å². The number of hydrogen-bond donors (Lipinski definition) is 0. The van der Waals surface area contributed by atoms with Gasteiger partial charge in [-0.3, -0.25) is 0 Å². The van der Waals surface area contributed by atoms with E-state index in [1.807, 2.05) is 0 Å². The van der Waals surface area contributed by atoms with Crippen LogP contribution in [0.3, 0.4) is 0 Å². The first-order valence-corrected chi connectivity index (χ1v) is 20.2. The first kappa shape index (κ1) is 56.6. The van der Waals surface area contributed by atoms with Crippen LogP contribution < -0.4 is 0 Å². The SMILES string of the molecule is CC(C)(C)[Si](C(C)(C)C)C(C)(C)C.CC(C)(C)[Si](C(C)(C)C)C(C)(C)C.CC(C)(C)[Si](C(C)(C)C)C(C)(C)C.[Ge].[Ge].[Ge]. The maximum absolute atomic E-state index is 2.40. The van der Waals surface area contributed by atoms with Crippen molar-refractivity contribution in [3.63, 3.8) is 0 Å². The molecule has 0 aromatic rings. The fourth-order valence-corrected chi connectivity index (χ4v) is 30.4. The summed E-state index contributed by atoms with van der Waals surface area (Å²) in [5.74, 6) is 0. The van der Waals surface area contributed by atoms with Crippen molar-refractivity contribution in [3.8, 4) is 0 Å². The Kier molecular flexibility index (Phi) is 24.5. The van der Waals surface area contributed by atoms with Crippen LogP contribution in [-0.4, -0.2) is 79.2 Å².